The zero-order valence-electron chi connectivity index (χ0n) is 14.8. The van der Waals surface area contributed by atoms with Gasteiger partial charge in [-0.1, -0.05) is 36.4 Å². The number of carbonyl (C=O) groups excluding carboxylic acids is 1. The number of piperazine rings is 1. The summed E-state index contributed by atoms with van der Waals surface area (Å²) in [6.45, 7) is 6.80. The van der Waals surface area contributed by atoms with Crippen LogP contribution in [0.25, 0.3) is 0 Å². The van der Waals surface area contributed by atoms with Gasteiger partial charge in [-0.05, 0) is 42.7 Å². The molecule has 0 unspecified atom stereocenters. The van der Waals surface area contributed by atoms with Crippen LogP contribution < -0.4 is 0 Å². The molecule has 0 saturated carbocycles. The zero-order chi connectivity index (χ0) is 17.8. The van der Waals surface area contributed by atoms with Gasteiger partial charge in [0.1, 0.15) is 6.04 Å². The Hall–Kier alpha value is -2.64. The van der Waals surface area contributed by atoms with Crippen LogP contribution in [-0.4, -0.2) is 41.9 Å². The first-order chi connectivity index (χ1) is 12.1. The van der Waals surface area contributed by atoms with Crippen molar-refractivity contribution in [3.8, 4) is 6.07 Å². The quantitative estimate of drug-likeness (QED) is 0.865. The SMILES string of the molecule is Cc1ccc(C(=O)N2CCN([C@@H](C#N)c3ccccc3)CC2)cc1C. The fourth-order valence-electron chi connectivity index (χ4n) is 3.24. The first kappa shape index (κ1) is 17.2. The lowest BCUT2D eigenvalue weighted by Gasteiger charge is -2.37. The van der Waals surface area contributed by atoms with E-state index in [1.54, 1.807) is 0 Å². The zero-order valence-corrected chi connectivity index (χ0v) is 14.8. The van der Waals surface area contributed by atoms with E-state index in [1.165, 1.54) is 5.56 Å². The van der Waals surface area contributed by atoms with Gasteiger partial charge in [0.25, 0.3) is 5.91 Å². The number of nitriles is 1. The van der Waals surface area contributed by atoms with Crippen LogP contribution in [0.4, 0.5) is 0 Å². The van der Waals surface area contributed by atoms with Crippen molar-refractivity contribution in [1.82, 2.24) is 9.80 Å². The van der Waals surface area contributed by atoms with Crippen molar-refractivity contribution < 1.29 is 4.79 Å². The molecule has 4 nitrogen and oxygen atoms in total. The molecule has 1 amide bonds. The Kier molecular flexibility index (Phi) is 5.16. The van der Waals surface area contributed by atoms with Gasteiger partial charge in [-0.2, -0.15) is 5.26 Å². The number of hydrogen-bond donors (Lipinski definition) is 0. The predicted octanol–water partition coefficient (Wildman–Crippen LogP) is 3.33. The first-order valence-electron chi connectivity index (χ1n) is 8.65. The lowest BCUT2D eigenvalue weighted by Crippen LogP contribution is -2.49. The van der Waals surface area contributed by atoms with Gasteiger partial charge < -0.3 is 4.90 Å². The Balaban J connectivity index is 1.66. The predicted molar refractivity (Wildman–Crippen MR) is 98.2 cm³/mol. The normalized spacial score (nSPS) is 16.3. The minimum atomic E-state index is -0.250. The molecule has 2 aromatic rings. The number of rotatable bonds is 3. The molecule has 25 heavy (non-hydrogen) atoms. The molecule has 1 atom stereocenters. The van der Waals surface area contributed by atoms with Gasteiger partial charge in [-0.25, -0.2) is 0 Å². The standard InChI is InChI=1S/C21H23N3O/c1-16-8-9-19(14-17(16)2)21(25)24-12-10-23(11-13-24)20(15-22)18-6-4-3-5-7-18/h3-9,14,20H,10-13H2,1-2H3/t20-/m0/s1. The summed E-state index contributed by atoms with van der Waals surface area (Å²) in [5.74, 6) is 0.0796. The number of benzene rings is 2. The van der Waals surface area contributed by atoms with Crippen LogP contribution in [0.1, 0.15) is 33.1 Å². The molecule has 0 spiro atoms. The monoisotopic (exact) mass is 333 g/mol. The van der Waals surface area contributed by atoms with Gasteiger partial charge in [-0.3, -0.25) is 9.69 Å². The van der Waals surface area contributed by atoms with Crippen LogP contribution in [0.2, 0.25) is 0 Å². The summed E-state index contributed by atoms with van der Waals surface area (Å²) in [5, 5.41) is 9.57. The van der Waals surface area contributed by atoms with Crippen LogP contribution in [0.5, 0.6) is 0 Å². The highest BCUT2D eigenvalue weighted by Crippen LogP contribution is 2.22. The summed E-state index contributed by atoms with van der Waals surface area (Å²) in [5.41, 5.74) is 4.09. The Labute approximate surface area is 149 Å². The molecule has 0 bridgehead atoms. The highest BCUT2D eigenvalue weighted by atomic mass is 16.2. The van der Waals surface area contributed by atoms with E-state index >= 15 is 0 Å². The summed E-state index contributed by atoms with van der Waals surface area (Å²) in [4.78, 5) is 16.8. The average Bonchev–Trinajstić information content (AvgIpc) is 2.65. The highest BCUT2D eigenvalue weighted by molar-refractivity contribution is 5.94. The van der Waals surface area contributed by atoms with E-state index in [9.17, 15) is 10.1 Å². The molecule has 1 saturated heterocycles. The number of nitrogens with zero attached hydrogens (tertiary/aromatic N) is 3. The third-order valence-corrected chi connectivity index (χ3v) is 4.96. The highest BCUT2D eigenvalue weighted by Gasteiger charge is 2.27. The third kappa shape index (κ3) is 3.72. The lowest BCUT2D eigenvalue weighted by molar-refractivity contribution is 0.0606. The van der Waals surface area contributed by atoms with E-state index in [1.807, 2.05) is 67.3 Å². The van der Waals surface area contributed by atoms with Gasteiger partial charge in [-0.15, -0.1) is 0 Å². The average molecular weight is 333 g/mol. The maximum Gasteiger partial charge on any atom is 0.253 e. The molecule has 0 aromatic heterocycles. The minimum Gasteiger partial charge on any atom is -0.336 e. The summed E-state index contributed by atoms with van der Waals surface area (Å²) in [6, 6.07) is 17.9. The second kappa shape index (κ2) is 7.50. The molecular formula is C21H23N3O. The molecule has 3 rings (SSSR count). The van der Waals surface area contributed by atoms with E-state index in [2.05, 4.69) is 11.0 Å². The van der Waals surface area contributed by atoms with Gasteiger partial charge in [0, 0.05) is 31.7 Å². The van der Waals surface area contributed by atoms with Crippen molar-refractivity contribution >= 4 is 5.91 Å². The van der Waals surface area contributed by atoms with Crippen molar-refractivity contribution in [2.75, 3.05) is 26.2 Å². The fourth-order valence-corrected chi connectivity index (χ4v) is 3.24. The van der Waals surface area contributed by atoms with Crippen molar-refractivity contribution in [1.29, 1.82) is 5.26 Å². The van der Waals surface area contributed by atoms with Crippen LogP contribution in [-0.2, 0) is 0 Å². The summed E-state index contributed by atoms with van der Waals surface area (Å²) < 4.78 is 0. The topological polar surface area (TPSA) is 47.3 Å². The number of hydrogen-bond acceptors (Lipinski definition) is 3. The van der Waals surface area contributed by atoms with Crippen molar-refractivity contribution in [2.24, 2.45) is 0 Å². The molecule has 1 fully saturated rings. The molecule has 1 aliphatic heterocycles. The van der Waals surface area contributed by atoms with Gasteiger partial charge >= 0.3 is 0 Å². The maximum absolute atomic E-state index is 12.7. The summed E-state index contributed by atoms with van der Waals surface area (Å²) in [6.07, 6.45) is 0. The smallest absolute Gasteiger partial charge is 0.253 e. The van der Waals surface area contributed by atoms with Crippen molar-refractivity contribution in [3.63, 3.8) is 0 Å². The van der Waals surface area contributed by atoms with E-state index in [0.29, 0.717) is 26.2 Å². The second-order valence-corrected chi connectivity index (χ2v) is 6.57. The molecule has 1 aliphatic rings. The van der Waals surface area contributed by atoms with Gasteiger partial charge in [0.05, 0.1) is 6.07 Å². The molecule has 2 aromatic carbocycles. The summed E-state index contributed by atoms with van der Waals surface area (Å²) >= 11 is 0. The van der Waals surface area contributed by atoms with E-state index in [0.717, 1.165) is 16.7 Å². The second-order valence-electron chi connectivity index (χ2n) is 6.57. The molecule has 0 N–H and O–H groups in total. The Morgan fingerprint density at radius 1 is 1.00 bits per heavy atom. The summed E-state index contributed by atoms with van der Waals surface area (Å²) in [7, 11) is 0. The van der Waals surface area contributed by atoms with Crippen LogP contribution in [0, 0.1) is 25.2 Å². The molecule has 128 valence electrons. The molecule has 4 heteroatoms. The van der Waals surface area contributed by atoms with E-state index < -0.39 is 0 Å². The maximum atomic E-state index is 12.7. The van der Waals surface area contributed by atoms with Crippen LogP contribution in [0.15, 0.2) is 48.5 Å². The van der Waals surface area contributed by atoms with E-state index in [4.69, 9.17) is 0 Å². The number of carbonyl (C=O) groups is 1. The van der Waals surface area contributed by atoms with Gasteiger partial charge in [0.15, 0.2) is 0 Å². The van der Waals surface area contributed by atoms with Gasteiger partial charge in [0.2, 0.25) is 0 Å². The van der Waals surface area contributed by atoms with Crippen LogP contribution in [0.3, 0.4) is 0 Å². The van der Waals surface area contributed by atoms with E-state index in [-0.39, 0.29) is 11.9 Å². The van der Waals surface area contributed by atoms with Crippen LogP contribution >= 0.6 is 0 Å². The number of amides is 1. The lowest BCUT2D eigenvalue weighted by atomic mass is 10.0. The molecule has 1 heterocycles. The largest absolute Gasteiger partial charge is 0.336 e. The Bertz CT molecular complexity index is 787. The van der Waals surface area contributed by atoms with Crippen molar-refractivity contribution in [2.45, 2.75) is 19.9 Å². The third-order valence-electron chi connectivity index (χ3n) is 4.96. The molecule has 0 aliphatic carbocycles. The van der Waals surface area contributed by atoms with Crippen molar-refractivity contribution in [3.05, 3.63) is 70.8 Å². The molecular weight excluding hydrogens is 310 g/mol. The Morgan fingerprint density at radius 3 is 2.28 bits per heavy atom. The number of aryl methyl sites for hydroxylation is 2. The Morgan fingerprint density at radius 2 is 1.68 bits per heavy atom. The fraction of sp³-hybridized carbons (Fsp3) is 0.333. The minimum absolute atomic E-state index is 0.0796. The molecule has 0 radical (unpaired) electrons. The first-order valence-corrected chi connectivity index (χ1v) is 8.65.